The number of carboxylic acids is 1. The van der Waals surface area contributed by atoms with E-state index in [1.165, 1.54) is 10.9 Å². The summed E-state index contributed by atoms with van der Waals surface area (Å²) >= 11 is 3.18. The summed E-state index contributed by atoms with van der Waals surface area (Å²) in [5.74, 6) is -1.02. The fourth-order valence-corrected chi connectivity index (χ4v) is 1.70. The Kier molecular flexibility index (Phi) is 2.51. The number of carboxylic acid groups (broad SMARTS) is 1. The van der Waals surface area contributed by atoms with Gasteiger partial charge in [-0.15, -0.1) is 0 Å². The van der Waals surface area contributed by atoms with E-state index in [0.717, 1.165) is 0 Å². The van der Waals surface area contributed by atoms with Crippen LogP contribution in [0.15, 0.2) is 35.3 Å². The van der Waals surface area contributed by atoms with Gasteiger partial charge < -0.3 is 5.11 Å². The van der Waals surface area contributed by atoms with Crippen molar-refractivity contribution in [3.63, 3.8) is 0 Å². The van der Waals surface area contributed by atoms with E-state index in [9.17, 15) is 4.79 Å². The molecule has 1 N–H and O–H groups in total. The van der Waals surface area contributed by atoms with Crippen LogP contribution in [0.5, 0.6) is 0 Å². The molecule has 2 rings (SSSR count). The fraction of sp³-hybridized carbons (Fsp3) is 0. The van der Waals surface area contributed by atoms with Gasteiger partial charge in [0.15, 0.2) is 0 Å². The Hall–Kier alpha value is -1.69. The zero-order chi connectivity index (χ0) is 10.8. The molecule has 2 heterocycles. The van der Waals surface area contributed by atoms with E-state index in [2.05, 4.69) is 26.0 Å². The van der Waals surface area contributed by atoms with E-state index < -0.39 is 5.97 Å². The van der Waals surface area contributed by atoms with Gasteiger partial charge >= 0.3 is 5.97 Å². The van der Waals surface area contributed by atoms with Crippen LogP contribution in [0.4, 0.5) is 0 Å². The highest BCUT2D eigenvalue weighted by Crippen LogP contribution is 2.19. The van der Waals surface area contributed by atoms with Crippen LogP contribution < -0.4 is 0 Å². The quantitative estimate of drug-likeness (QED) is 0.900. The minimum absolute atomic E-state index is 0.124. The molecule has 0 aliphatic rings. The van der Waals surface area contributed by atoms with Crippen molar-refractivity contribution in [2.75, 3.05) is 0 Å². The zero-order valence-corrected chi connectivity index (χ0v) is 9.05. The zero-order valence-electron chi connectivity index (χ0n) is 7.46. The van der Waals surface area contributed by atoms with Gasteiger partial charge in [-0.3, -0.25) is 4.98 Å². The number of hydrogen-bond donors (Lipinski definition) is 1. The molecule has 0 spiro atoms. The van der Waals surface area contributed by atoms with Gasteiger partial charge in [0.2, 0.25) is 0 Å². The molecule has 15 heavy (non-hydrogen) atoms. The number of pyridine rings is 1. The molecule has 0 aliphatic heterocycles. The van der Waals surface area contributed by atoms with Gasteiger partial charge in [-0.2, -0.15) is 5.10 Å². The lowest BCUT2D eigenvalue weighted by atomic mass is 10.4. The van der Waals surface area contributed by atoms with Crippen molar-refractivity contribution in [3.05, 3.63) is 40.9 Å². The third-order valence-corrected chi connectivity index (χ3v) is 2.59. The highest BCUT2D eigenvalue weighted by molar-refractivity contribution is 9.10. The molecule has 0 atom stereocenters. The summed E-state index contributed by atoms with van der Waals surface area (Å²) in [6.07, 6.45) is 4.53. The molecule has 0 unspecified atom stereocenters. The molecule has 0 aromatic carbocycles. The Bertz CT molecular complexity index is 495. The molecule has 5 nitrogen and oxygen atoms in total. The van der Waals surface area contributed by atoms with Gasteiger partial charge in [-0.1, -0.05) is 0 Å². The maximum Gasteiger partial charge on any atom is 0.340 e. The molecule has 2 aromatic rings. The van der Waals surface area contributed by atoms with Gasteiger partial charge in [0, 0.05) is 6.20 Å². The number of rotatable bonds is 2. The average molecular weight is 268 g/mol. The lowest BCUT2D eigenvalue weighted by Crippen LogP contribution is -1.99. The number of carbonyl (C=O) groups is 1. The average Bonchev–Trinajstić information content (AvgIpc) is 2.61. The van der Waals surface area contributed by atoms with Crippen molar-refractivity contribution < 1.29 is 9.90 Å². The second kappa shape index (κ2) is 3.82. The number of halogens is 1. The van der Waals surface area contributed by atoms with Crippen LogP contribution in [0.2, 0.25) is 0 Å². The van der Waals surface area contributed by atoms with E-state index in [4.69, 9.17) is 5.11 Å². The molecule has 0 aliphatic carbocycles. The number of hydrogen-bond acceptors (Lipinski definition) is 3. The van der Waals surface area contributed by atoms with Gasteiger partial charge in [-0.25, -0.2) is 9.48 Å². The second-order valence-corrected chi connectivity index (χ2v) is 3.53. The van der Waals surface area contributed by atoms with Crippen molar-refractivity contribution in [2.24, 2.45) is 0 Å². The van der Waals surface area contributed by atoms with Gasteiger partial charge in [0.25, 0.3) is 0 Å². The molecule has 0 saturated heterocycles. The lowest BCUT2D eigenvalue weighted by Gasteiger charge is -2.01. The lowest BCUT2D eigenvalue weighted by molar-refractivity contribution is 0.0696. The third kappa shape index (κ3) is 1.75. The second-order valence-electron chi connectivity index (χ2n) is 2.78. The SMILES string of the molecule is O=C(O)c1cnn(-c2cccnc2)c1Br. The normalized spacial score (nSPS) is 10.2. The summed E-state index contributed by atoms with van der Waals surface area (Å²) in [6.45, 7) is 0. The van der Waals surface area contributed by atoms with Gasteiger partial charge in [0.05, 0.1) is 18.1 Å². The summed E-state index contributed by atoms with van der Waals surface area (Å²) < 4.78 is 1.87. The predicted octanol–water partition coefficient (Wildman–Crippen LogP) is 1.73. The van der Waals surface area contributed by atoms with Crippen LogP contribution in [0, 0.1) is 0 Å². The van der Waals surface area contributed by atoms with E-state index in [1.54, 1.807) is 24.5 Å². The summed E-state index contributed by atoms with van der Waals surface area (Å²) in [4.78, 5) is 14.7. The Morgan fingerprint density at radius 2 is 2.27 bits per heavy atom. The first-order chi connectivity index (χ1) is 7.20. The minimum Gasteiger partial charge on any atom is -0.478 e. The summed E-state index contributed by atoms with van der Waals surface area (Å²) in [7, 11) is 0. The summed E-state index contributed by atoms with van der Waals surface area (Å²) in [5, 5.41) is 12.8. The Morgan fingerprint density at radius 1 is 1.47 bits per heavy atom. The van der Waals surface area contributed by atoms with E-state index in [1.807, 2.05) is 0 Å². The van der Waals surface area contributed by atoms with Crippen LogP contribution in [-0.2, 0) is 0 Å². The maximum absolute atomic E-state index is 10.8. The predicted molar refractivity (Wildman–Crippen MR) is 56.0 cm³/mol. The van der Waals surface area contributed by atoms with Crippen LogP contribution in [-0.4, -0.2) is 25.8 Å². The topological polar surface area (TPSA) is 68.0 Å². The first-order valence-corrected chi connectivity index (χ1v) is 4.86. The standard InChI is InChI=1S/C9H6BrN3O2/c10-8-7(9(14)15)5-12-13(8)6-2-1-3-11-4-6/h1-5H,(H,14,15). The smallest absolute Gasteiger partial charge is 0.340 e. The van der Waals surface area contributed by atoms with Crippen molar-refractivity contribution in [1.82, 2.24) is 14.8 Å². The molecular formula is C9H6BrN3O2. The first-order valence-electron chi connectivity index (χ1n) is 4.07. The minimum atomic E-state index is -1.02. The van der Waals surface area contributed by atoms with Gasteiger partial charge in [0.1, 0.15) is 10.2 Å². The molecule has 0 saturated carbocycles. The summed E-state index contributed by atoms with van der Waals surface area (Å²) in [5.41, 5.74) is 0.829. The fourth-order valence-electron chi connectivity index (χ4n) is 1.14. The van der Waals surface area contributed by atoms with E-state index >= 15 is 0 Å². The Morgan fingerprint density at radius 3 is 2.80 bits per heavy atom. The van der Waals surface area contributed by atoms with Crippen LogP contribution in [0.1, 0.15) is 10.4 Å². The van der Waals surface area contributed by atoms with Crippen LogP contribution in [0.25, 0.3) is 5.69 Å². The molecule has 2 aromatic heterocycles. The van der Waals surface area contributed by atoms with Crippen molar-refractivity contribution in [3.8, 4) is 5.69 Å². The summed E-state index contributed by atoms with van der Waals surface area (Å²) in [6, 6.07) is 3.54. The first kappa shape index (κ1) is 9.85. The largest absolute Gasteiger partial charge is 0.478 e. The third-order valence-electron chi connectivity index (χ3n) is 1.83. The molecular weight excluding hydrogens is 262 g/mol. The number of aromatic nitrogens is 3. The highest BCUT2D eigenvalue weighted by atomic mass is 79.9. The van der Waals surface area contributed by atoms with Crippen molar-refractivity contribution in [1.29, 1.82) is 0 Å². The molecule has 76 valence electrons. The van der Waals surface area contributed by atoms with Gasteiger partial charge in [-0.05, 0) is 28.1 Å². The van der Waals surface area contributed by atoms with E-state index in [-0.39, 0.29) is 5.56 Å². The molecule has 0 radical (unpaired) electrons. The molecule has 0 amide bonds. The van der Waals surface area contributed by atoms with Crippen molar-refractivity contribution in [2.45, 2.75) is 0 Å². The highest BCUT2D eigenvalue weighted by Gasteiger charge is 2.14. The van der Waals surface area contributed by atoms with E-state index in [0.29, 0.717) is 10.3 Å². The monoisotopic (exact) mass is 267 g/mol. The van der Waals surface area contributed by atoms with Crippen LogP contribution in [0.3, 0.4) is 0 Å². The molecule has 0 fully saturated rings. The van der Waals surface area contributed by atoms with Crippen molar-refractivity contribution >= 4 is 21.9 Å². The maximum atomic E-state index is 10.8. The van der Waals surface area contributed by atoms with Crippen LogP contribution >= 0.6 is 15.9 Å². The number of nitrogens with zero attached hydrogens (tertiary/aromatic N) is 3. The number of aromatic carboxylic acids is 1. The Balaban J connectivity index is 2.52. The molecule has 6 heteroatoms. The Labute approximate surface area is 93.5 Å². The molecule has 0 bridgehead atoms.